The Morgan fingerprint density at radius 1 is 1.19 bits per heavy atom. The molecule has 0 atom stereocenters. The molecule has 0 bridgehead atoms. The lowest BCUT2D eigenvalue weighted by Crippen LogP contribution is -2.36. The maximum Gasteiger partial charge on any atom is 0.266 e. The fourth-order valence-corrected chi connectivity index (χ4v) is 3.61. The smallest absolute Gasteiger partial charge is 0.266 e. The molecule has 2 aromatic rings. The minimum atomic E-state index is -0.293. The number of para-hydroxylation sites is 1. The molecule has 1 aliphatic rings. The number of carbonyl (C=O) groups is 2. The van der Waals surface area contributed by atoms with Gasteiger partial charge < -0.3 is 10.1 Å². The van der Waals surface area contributed by atoms with Crippen LogP contribution in [0, 0.1) is 0 Å². The molecule has 2 amide bonds. The molecule has 3 rings (SSSR count). The zero-order valence-electron chi connectivity index (χ0n) is 14.0. The Kier molecular flexibility index (Phi) is 5.70. The molecule has 26 heavy (non-hydrogen) atoms. The number of anilines is 1. The molecule has 0 saturated carbocycles. The van der Waals surface area contributed by atoms with Gasteiger partial charge in [0.2, 0.25) is 5.91 Å². The first kappa shape index (κ1) is 18.2. The first-order chi connectivity index (χ1) is 12.6. The number of amides is 2. The minimum absolute atomic E-state index is 0.112. The average Bonchev–Trinajstić information content (AvgIpc) is 2.90. The second-order valence-corrected chi connectivity index (χ2v) is 7.13. The van der Waals surface area contributed by atoms with Crippen LogP contribution in [0.25, 0.3) is 6.08 Å². The van der Waals surface area contributed by atoms with Gasteiger partial charge in [-0.15, -0.1) is 0 Å². The monoisotopic (exact) mass is 384 g/mol. The summed E-state index contributed by atoms with van der Waals surface area (Å²) >= 11 is 6.45. The van der Waals surface area contributed by atoms with Gasteiger partial charge in [0.1, 0.15) is 16.6 Å². The molecule has 1 N–H and O–H groups in total. The number of hydrogen-bond acceptors (Lipinski definition) is 5. The van der Waals surface area contributed by atoms with Crippen LogP contribution in [0.5, 0.6) is 5.75 Å². The van der Waals surface area contributed by atoms with Gasteiger partial charge in [0.05, 0.1) is 12.0 Å². The summed E-state index contributed by atoms with van der Waals surface area (Å²) in [6.07, 6.45) is 1.76. The fourth-order valence-electron chi connectivity index (χ4n) is 2.35. The van der Waals surface area contributed by atoms with Crippen LogP contribution >= 0.6 is 24.0 Å². The summed E-state index contributed by atoms with van der Waals surface area (Å²) in [7, 11) is 1.60. The Hall–Kier alpha value is -2.64. The number of methoxy groups -OCH3 is 1. The number of carbonyl (C=O) groups excluding carboxylic acids is 2. The van der Waals surface area contributed by atoms with Crippen molar-refractivity contribution in [2.24, 2.45) is 0 Å². The molecule has 1 heterocycles. The van der Waals surface area contributed by atoms with E-state index in [1.165, 1.54) is 16.7 Å². The van der Waals surface area contributed by atoms with Gasteiger partial charge >= 0.3 is 0 Å². The van der Waals surface area contributed by atoms with E-state index in [1.807, 2.05) is 42.5 Å². The molecule has 1 saturated heterocycles. The van der Waals surface area contributed by atoms with Crippen molar-refractivity contribution in [3.05, 3.63) is 65.1 Å². The van der Waals surface area contributed by atoms with E-state index in [9.17, 15) is 9.59 Å². The predicted molar refractivity (Wildman–Crippen MR) is 108 cm³/mol. The summed E-state index contributed by atoms with van der Waals surface area (Å²) in [5.41, 5.74) is 1.54. The highest BCUT2D eigenvalue weighted by molar-refractivity contribution is 8.26. The van der Waals surface area contributed by atoms with Crippen LogP contribution in [-0.4, -0.2) is 34.7 Å². The number of thiocarbonyl (C=S) groups is 1. The third-order valence-electron chi connectivity index (χ3n) is 3.65. The van der Waals surface area contributed by atoms with Gasteiger partial charge in [-0.3, -0.25) is 14.5 Å². The van der Waals surface area contributed by atoms with Crippen LogP contribution in [-0.2, 0) is 9.59 Å². The summed E-state index contributed by atoms with van der Waals surface area (Å²) in [6.45, 7) is -0.112. The van der Waals surface area contributed by atoms with Gasteiger partial charge in [-0.25, -0.2) is 0 Å². The molecular weight excluding hydrogens is 368 g/mol. The van der Waals surface area contributed by atoms with Crippen molar-refractivity contribution in [1.29, 1.82) is 0 Å². The topological polar surface area (TPSA) is 58.6 Å². The van der Waals surface area contributed by atoms with Gasteiger partial charge in [0.25, 0.3) is 5.91 Å². The van der Waals surface area contributed by atoms with Crippen LogP contribution in [0.15, 0.2) is 59.5 Å². The molecule has 0 unspecified atom stereocenters. The number of benzene rings is 2. The first-order valence-electron chi connectivity index (χ1n) is 7.81. The number of rotatable bonds is 5. The van der Waals surface area contributed by atoms with Crippen molar-refractivity contribution in [2.45, 2.75) is 0 Å². The number of hydrogen-bond donors (Lipinski definition) is 1. The maximum atomic E-state index is 12.6. The molecular formula is C19H16N2O3S2. The molecule has 0 radical (unpaired) electrons. The van der Waals surface area contributed by atoms with E-state index in [4.69, 9.17) is 17.0 Å². The van der Waals surface area contributed by atoms with Crippen molar-refractivity contribution in [1.82, 2.24) is 4.90 Å². The number of nitrogens with zero attached hydrogens (tertiary/aromatic N) is 1. The fraction of sp³-hybridized carbons (Fsp3) is 0.105. The molecule has 1 aliphatic heterocycles. The van der Waals surface area contributed by atoms with Gasteiger partial charge in [0.15, 0.2) is 0 Å². The summed E-state index contributed by atoms with van der Waals surface area (Å²) in [4.78, 5) is 26.6. The highest BCUT2D eigenvalue weighted by atomic mass is 32.2. The SMILES string of the molecule is COc1ccc(/C=C2\SC(=S)N(CC(=O)Nc3ccccc3)C2=O)cc1. The minimum Gasteiger partial charge on any atom is -0.497 e. The van der Waals surface area contributed by atoms with Crippen molar-refractivity contribution >= 4 is 51.9 Å². The molecule has 132 valence electrons. The molecule has 5 nitrogen and oxygen atoms in total. The zero-order valence-corrected chi connectivity index (χ0v) is 15.6. The van der Waals surface area contributed by atoms with Crippen LogP contribution in [0.1, 0.15) is 5.56 Å². The molecule has 2 aromatic carbocycles. The van der Waals surface area contributed by atoms with E-state index in [0.29, 0.717) is 14.9 Å². The normalized spacial score (nSPS) is 15.4. The van der Waals surface area contributed by atoms with Gasteiger partial charge in [0, 0.05) is 5.69 Å². The number of ether oxygens (including phenoxy) is 1. The van der Waals surface area contributed by atoms with Crippen molar-refractivity contribution in [3.8, 4) is 5.75 Å². The Balaban J connectivity index is 1.68. The van der Waals surface area contributed by atoms with Crippen LogP contribution < -0.4 is 10.1 Å². The first-order valence-corrected chi connectivity index (χ1v) is 9.03. The lowest BCUT2D eigenvalue weighted by Gasteiger charge is -2.14. The van der Waals surface area contributed by atoms with Crippen LogP contribution in [0.4, 0.5) is 5.69 Å². The van der Waals surface area contributed by atoms with E-state index in [0.717, 1.165) is 11.3 Å². The second-order valence-electron chi connectivity index (χ2n) is 5.46. The standard InChI is InChI=1S/C19H16N2O3S2/c1-24-15-9-7-13(8-10-15)11-16-18(23)21(19(25)26-16)12-17(22)20-14-5-3-2-4-6-14/h2-11H,12H2,1H3,(H,20,22)/b16-11-. The Morgan fingerprint density at radius 2 is 1.88 bits per heavy atom. The molecule has 1 fully saturated rings. The third-order valence-corrected chi connectivity index (χ3v) is 5.02. The Bertz CT molecular complexity index is 864. The van der Waals surface area contributed by atoms with Crippen molar-refractivity contribution in [3.63, 3.8) is 0 Å². The van der Waals surface area contributed by atoms with E-state index < -0.39 is 0 Å². The van der Waals surface area contributed by atoms with Crippen molar-refractivity contribution < 1.29 is 14.3 Å². The van der Waals surface area contributed by atoms with Crippen LogP contribution in [0.3, 0.4) is 0 Å². The van der Waals surface area contributed by atoms with E-state index in [2.05, 4.69) is 5.32 Å². The summed E-state index contributed by atoms with van der Waals surface area (Å²) in [6, 6.07) is 16.4. The van der Waals surface area contributed by atoms with Crippen LogP contribution in [0.2, 0.25) is 0 Å². The summed E-state index contributed by atoms with van der Waals surface area (Å²) in [5, 5.41) is 2.75. The highest BCUT2D eigenvalue weighted by Crippen LogP contribution is 2.32. The molecule has 0 spiro atoms. The number of thioether (sulfide) groups is 1. The predicted octanol–water partition coefficient (Wildman–Crippen LogP) is 3.54. The summed E-state index contributed by atoms with van der Waals surface area (Å²) in [5.74, 6) is 0.185. The Morgan fingerprint density at radius 3 is 2.54 bits per heavy atom. The molecule has 0 aromatic heterocycles. The van der Waals surface area contributed by atoms with E-state index in [1.54, 1.807) is 25.3 Å². The van der Waals surface area contributed by atoms with Gasteiger partial charge in [-0.05, 0) is 35.9 Å². The largest absolute Gasteiger partial charge is 0.497 e. The second kappa shape index (κ2) is 8.16. The van der Waals surface area contributed by atoms with Crippen molar-refractivity contribution in [2.75, 3.05) is 19.0 Å². The Labute approximate surface area is 161 Å². The quantitative estimate of drug-likeness (QED) is 0.631. The third kappa shape index (κ3) is 4.30. The molecule has 7 heteroatoms. The number of nitrogens with one attached hydrogen (secondary N) is 1. The summed E-state index contributed by atoms with van der Waals surface area (Å²) < 4.78 is 5.49. The van der Waals surface area contributed by atoms with E-state index in [-0.39, 0.29) is 18.4 Å². The average molecular weight is 384 g/mol. The van der Waals surface area contributed by atoms with Gasteiger partial charge in [-0.1, -0.05) is 54.3 Å². The maximum absolute atomic E-state index is 12.6. The zero-order chi connectivity index (χ0) is 18.5. The highest BCUT2D eigenvalue weighted by Gasteiger charge is 2.33. The van der Waals surface area contributed by atoms with E-state index >= 15 is 0 Å². The lowest BCUT2D eigenvalue weighted by molar-refractivity contribution is -0.126. The van der Waals surface area contributed by atoms with Gasteiger partial charge in [-0.2, -0.15) is 0 Å². The lowest BCUT2D eigenvalue weighted by atomic mass is 10.2. The molecule has 0 aliphatic carbocycles.